The SMILES string of the molecule is CC(C)(C)OC(=O)NCC1CCCC1NCc1sccc1N. The van der Waals surface area contributed by atoms with Gasteiger partial charge < -0.3 is 21.1 Å². The van der Waals surface area contributed by atoms with Crippen LogP contribution in [-0.4, -0.2) is 24.3 Å². The average molecular weight is 325 g/mol. The number of carbonyl (C=O) groups is 1. The van der Waals surface area contributed by atoms with E-state index in [1.54, 1.807) is 11.3 Å². The number of hydrogen-bond donors (Lipinski definition) is 3. The van der Waals surface area contributed by atoms with Crippen LogP contribution < -0.4 is 16.4 Å². The van der Waals surface area contributed by atoms with Crippen LogP contribution in [0.4, 0.5) is 10.5 Å². The Balaban J connectivity index is 1.76. The number of nitrogens with one attached hydrogen (secondary N) is 2. The van der Waals surface area contributed by atoms with Crippen LogP contribution in [0.25, 0.3) is 0 Å². The molecule has 1 aliphatic rings. The predicted octanol–water partition coefficient (Wildman–Crippen LogP) is 3.11. The van der Waals surface area contributed by atoms with Crippen LogP contribution in [0, 0.1) is 5.92 Å². The second-order valence-electron chi connectivity index (χ2n) is 6.86. The number of nitrogens with two attached hydrogens (primary N) is 1. The molecule has 2 unspecified atom stereocenters. The summed E-state index contributed by atoms with van der Waals surface area (Å²) in [6.45, 7) is 7.08. The normalized spacial score (nSPS) is 21.8. The molecule has 5 nitrogen and oxygen atoms in total. The van der Waals surface area contributed by atoms with Gasteiger partial charge >= 0.3 is 6.09 Å². The topological polar surface area (TPSA) is 76.4 Å². The first-order chi connectivity index (χ1) is 10.3. The Kier molecular flexibility index (Phi) is 5.69. The summed E-state index contributed by atoms with van der Waals surface area (Å²) in [5.41, 5.74) is 6.32. The summed E-state index contributed by atoms with van der Waals surface area (Å²) in [7, 11) is 0. The van der Waals surface area contributed by atoms with E-state index in [-0.39, 0.29) is 6.09 Å². The van der Waals surface area contributed by atoms with Gasteiger partial charge in [-0.3, -0.25) is 0 Å². The minimum Gasteiger partial charge on any atom is -0.444 e. The lowest BCUT2D eigenvalue weighted by Crippen LogP contribution is -2.40. The van der Waals surface area contributed by atoms with E-state index in [4.69, 9.17) is 10.5 Å². The first kappa shape index (κ1) is 17.1. The van der Waals surface area contributed by atoms with Crippen molar-refractivity contribution in [3.05, 3.63) is 16.3 Å². The molecule has 0 saturated heterocycles. The van der Waals surface area contributed by atoms with Crippen molar-refractivity contribution < 1.29 is 9.53 Å². The second-order valence-corrected chi connectivity index (χ2v) is 7.86. The Hall–Kier alpha value is -1.27. The third-order valence-electron chi connectivity index (χ3n) is 3.87. The lowest BCUT2D eigenvalue weighted by molar-refractivity contribution is 0.0517. The molecule has 6 heteroatoms. The van der Waals surface area contributed by atoms with Gasteiger partial charge in [0.2, 0.25) is 0 Å². The fourth-order valence-electron chi connectivity index (χ4n) is 2.80. The van der Waals surface area contributed by atoms with Gasteiger partial charge in [-0.05, 0) is 51.0 Å². The van der Waals surface area contributed by atoms with Gasteiger partial charge in [0.15, 0.2) is 0 Å². The van der Waals surface area contributed by atoms with Gasteiger partial charge in [0.1, 0.15) is 5.60 Å². The van der Waals surface area contributed by atoms with Crippen LogP contribution in [-0.2, 0) is 11.3 Å². The van der Waals surface area contributed by atoms with Crippen LogP contribution in [0.5, 0.6) is 0 Å². The van der Waals surface area contributed by atoms with E-state index in [9.17, 15) is 4.79 Å². The quantitative estimate of drug-likeness (QED) is 0.777. The molecular formula is C16H27N3O2S. The minimum atomic E-state index is -0.450. The van der Waals surface area contributed by atoms with Gasteiger partial charge in [0, 0.05) is 29.7 Å². The number of ether oxygens (including phenoxy) is 1. The molecule has 0 bridgehead atoms. The Labute approximate surface area is 136 Å². The summed E-state index contributed by atoms with van der Waals surface area (Å²) >= 11 is 1.68. The molecular weight excluding hydrogens is 298 g/mol. The Morgan fingerprint density at radius 2 is 2.23 bits per heavy atom. The van der Waals surface area contributed by atoms with Gasteiger partial charge in [-0.2, -0.15) is 0 Å². The highest BCUT2D eigenvalue weighted by molar-refractivity contribution is 7.10. The molecule has 0 aliphatic heterocycles. The van der Waals surface area contributed by atoms with E-state index in [0.717, 1.165) is 25.1 Å². The van der Waals surface area contributed by atoms with Crippen molar-refractivity contribution in [2.75, 3.05) is 12.3 Å². The second kappa shape index (κ2) is 7.33. The standard InChI is InChI=1S/C16H27N3O2S/c1-16(2,3)21-15(20)19-9-11-5-4-6-13(11)18-10-14-12(17)7-8-22-14/h7-8,11,13,18H,4-6,9-10,17H2,1-3H3,(H,19,20). The number of hydrogen-bond acceptors (Lipinski definition) is 5. The van der Waals surface area contributed by atoms with E-state index < -0.39 is 5.60 Å². The summed E-state index contributed by atoms with van der Waals surface area (Å²) in [5, 5.41) is 8.49. The molecule has 2 atom stereocenters. The van der Waals surface area contributed by atoms with Gasteiger partial charge in [0.25, 0.3) is 0 Å². The minimum absolute atomic E-state index is 0.333. The smallest absolute Gasteiger partial charge is 0.407 e. The third-order valence-corrected chi connectivity index (χ3v) is 4.81. The fraction of sp³-hybridized carbons (Fsp3) is 0.688. The van der Waals surface area contributed by atoms with E-state index in [2.05, 4.69) is 10.6 Å². The van der Waals surface area contributed by atoms with Gasteiger partial charge in [-0.1, -0.05) is 6.42 Å². The van der Waals surface area contributed by atoms with E-state index in [1.165, 1.54) is 11.3 Å². The van der Waals surface area contributed by atoms with Crippen LogP contribution in [0.3, 0.4) is 0 Å². The van der Waals surface area contributed by atoms with Gasteiger partial charge in [-0.15, -0.1) is 11.3 Å². The predicted molar refractivity (Wildman–Crippen MR) is 90.9 cm³/mol. The maximum atomic E-state index is 11.7. The molecule has 0 aromatic carbocycles. The number of amides is 1. The molecule has 0 spiro atoms. The molecule has 4 N–H and O–H groups in total. The van der Waals surface area contributed by atoms with Crippen molar-refractivity contribution in [3.63, 3.8) is 0 Å². The highest BCUT2D eigenvalue weighted by Gasteiger charge is 2.28. The van der Waals surface area contributed by atoms with Crippen molar-refractivity contribution >= 4 is 23.1 Å². The van der Waals surface area contributed by atoms with Crippen molar-refractivity contribution in [1.82, 2.24) is 10.6 Å². The largest absolute Gasteiger partial charge is 0.444 e. The van der Waals surface area contributed by atoms with Gasteiger partial charge in [0.05, 0.1) is 0 Å². The third kappa shape index (κ3) is 5.18. The first-order valence-corrected chi connectivity index (χ1v) is 8.75. The number of nitrogen functional groups attached to an aromatic ring is 1. The maximum Gasteiger partial charge on any atom is 0.407 e. The highest BCUT2D eigenvalue weighted by Crippen LogP contribution is 2.26. The molecule has 1 fully saturated rings. The van der Waals surface area contributed by atoms with E-state index >= 15 is 0 Å². The summed E-state index contributed by atoms with van der Waals surface area (Å²) in [5.74, 6) is 0.453. The molecule has 124 valence electrons. The lowest BCUT2D eigenvalue weighted by atomic mass is 10.0. The summed E-state index contributed by atoms with van der Waals surface area (Å²) in [6, 6.07) is 2.37. The lowest BCUT2D eigenvalue weighted by Gasteiger charge is -2.23. The van der Waals surface area contributed by atoms with E-state index in [1.807, 2.05) is 32.2 Å². The zero-order chi connectivity index (χ0) is 16.2. The molecule has 1 heterocycles. The van der Waals surface area contributed by atoms with Crippen molar-refractivity contribution in [3.8, 4) is 0 Å². The zero-order valence-electron chi connectivity index (χ0n) is 13.6. The number of carbonyl (C=O) groups excluding carboxylic acids is 1. The van der Waals surface area contributed by atoms with Crippen molar-refractivity contribution in [1.29, 1.82) is 0 Å². The average Bonchev–Trinajstić information content (AvgIpc) is 3.00. The highest BCUT2D eigenvalue weighted by atomic mass is 32.1. The van der Waals surface area contributed by atoms with Crippen LogP contribution in [0.15, 0.2) is 11.4 Å². The summed E-state index contributed by atoms with van der Waals surface area (Å²) in [4.78, 5) is 12.9. The summed E-state index contributed by atoms with van der Waals surface area (Å²) < 4.78 is 5.28. The van der Waals surface area contributed by atoms with Crippen molar-refractivity contribution in [2.24, 2.45) is 5.92 Å². The Morgan fingerprint density at radius 1 is 1.45 bits per heavy atom. The molecule has 1 aromatic heterocycles. The monoisotopic (exact) mass is 325 g/mol. The van der Waals surface area contributed by atoms with Gasteiger partial charge in [-0.25, -0.2) is 4.79 Å². The molecule has 1 aromatic rings. The van der Waals surface area contributed by atoms with Crippen LogP contribution in [0.2, 0.25) is 0 Å². The maximum absolute atomic E-state index is 11.7. The molecule has 1 saturated carbocycles. The molecule has 2 rings (SSSR count). The Bertz CT molecular complexity index is 496. The number of anilines is 1. The fourth-order valence-corrected chi connectivity index (χ4v) is 3.55. The molecule has 0 radical (unpaired) electrons. The molecule has 1 amide bonds. The summed E-state index contributed by atoms with van der Waals surface area (Å²) in [6.07, 6.45) is 3.14. The molecule has 22 heavy (non-hydrogen) atoms. The number of thiophene rings is 1. The number of rotatable bonds is 5. The molecule has 1 aliphatic carbocycles. The number of alkyl carbamates (subject to hydrolysis) is 1. The van der Waals surface area contributed by atoms with Crippen LogP contribution >= 0.6 is 11.3 Å². The van der Waals surface area contributed by atoms with E-state index in [0.29, 0.717) is 18.5 Å². The first-order valence-electron chi connectivity index (χ1n) is 7.87. The van der Waals surface area contributed by atoms with Crippen molar-refractivity contribution in [2.45, 2.75) is 58.2 Å². The van der Waals surface area contributed by atoms with Crippen LogP contribution in [0.1, 0.15) is 44.9 Å². The Morgan fingerprint density at radius 3 is 2.86 bits per heavy atom. The zero-order valence-corrected chi connectivity index (χ0v) is 14.5.